The quantitative estimate of drug-likeness (QED) is 0.763. The van der Waals surface area contributed by atoms with Gasteiger partial charge in [0.25, 0.3) is 0 Å². The van der Waals surface area contributed by atoms with Crippen LogP contribution in [0.15, 0.2) is 24.4 Å². The zero-order chi connectivity index (χ0) is 13.8. The summed E-state index contributed by atoms with van der Waals surface area (Å²) < 4.78 is 10.4. The first kappa shape index (κ1) is 12.7. The zero-order valence-corrected chi connectivity index (χ0v) is 10.7. The van der Waals surface area contributed by atoms with E-state index >= 15 is 0 Å². The third kappa shape index (κ3) is 2.76. The number of aromatic nitrogens is 2. The number of nitrogen functional groups attached to an aromatic ring is 2. The number of methoxy groups -OCH3 is 2. The van der Waals surface area contributed by atoms with Crippen LogP contribution in [0.25, 0.3) is 0 Å². The molecule has 0 radical (unpaired) electrons. The van der Waals surface area contributed by atoms with Crippen LogP contribution in [0.5, 0.6) is 11.5 Å². The molecule has 1 aromatic heterocycles. The molecular weight excluding hydrogens is 246 g/mol. The molecule has 2 rings (SSSR count). The Bertz CT molecular complexity index is 588. The summed E-state index contributed by atoms with van der Waals surface area (Å²) in [7, 11) is 3.16. The van der Waals surface area contributed by atoms with Crippen LogP contribution >= 0.6 is 0 Å². The Balaban J connectivity index is 2.32. The van der Waals surface area contributed by atoms with Crippen molar-refractivity contribution in [2.45, 2.75) is 0 Å². The predicted molar refractivity (Wildman–Crippen MR) is 73.7 cm³/mol. The molecule has 7 nitrogen and oxygen atoms in total. The van der Waals surface area contributed by atoms with E-state index in [4.69, 9.17) is 20.9 Å². The van der Waals surface area contributed by atoms with Gasteiger partial charge in [0, 0.05) is 6.07 Å². The Labute approximate surface area is 110 Å². The van der Waals surface area contributed by atoms with Gasteiger partial charge in [-0.15, -0.1) is 0 Å². The SMILES string of the molecule is COc1ccc(Nc2cnc(N)nc2N)c(OC)c1. The molecule has 0 spiro atoms. The van der Waals surface area contributed by atoms with Gasteiger partial charge in [-0.25, -0.2) is 4.98 Å². The molecule has 19 heavy (non-hydrogen) atoms. The number of nitrogens with two attached hydrogens (primary N) is 2. The Hall–Kier alpha value is -2.70. The maximum Gasteiger partial charge on any atom is 0.222 e. The summed E-state index contributed by atoms with van der Waals surface area (Å²) in [4.78, 5) is 7.76. The van der Waals surface area contributed by atoms with E-state index in [2.05, 4.69) is 15.3 Å². The van der Waals surface area contributed by atoms with Crippen LogP contribution in [0.3, 0.4) is 0 Å². The summed E-state index contributed by atoms with van der Waals surface area (Å²) in [5.41, 5.74) is 12.5. The third-order valence-corrected chi connectivity index (χ3v) is 2.51. The van der Waals surface area contributed by atoms with Gasteiger partial charge < -0.3 is 26.3 Å². The fraction of sp³-hybridized carbons (Fsp3) is 0.167. The highest BCUT2D eigenvalue weighted by atomic mass is 16.5. The standard InChI is InChI=1S/C12H15N5O2/c1-18-7-3-4-8(10(5-7)19-2)16-9-6-15-12(14)17-11(9)13/h3-6,16H,1-2H3,(H4,13,14,15,17). The molecule has 5 N–H and O–H groups in total. The first-order valence-electron chi connectivity index (χ1n) is 5.51. The molecule has 7 heteroatoms. The van der Waals surface area contributed by atoms with E-state index in [9.17, 15) is 0 Å². The molecule has 0 unspecified atom stereocenters. The molecule has 0 amide bonds. The van der Waals surface area contributed by atoms with Gasteiger partial charge in [0.1, 0.15) is 17.2 Å². The molecule has 0 saturated carbocycles. The monoisotopic (exact) mass is 261 g/mol. The lowest BCUT2D eigenvalue weighted by atomic mass is 10.2. The molecule has 0 aliphatic carbocycles. The highest BCUT2D eigenvalue weighted by molar-refractivity contribution is 5.73. The molecule has 1 heterocycles. The van der Waals surface area contributed by atoms with Gasteiger partial charge in [-0.1, -0.05) is 0 Å². The summed E-state index contributed by atoms with van der Waals surface area (Å²) >= 11 is 0. The molecule has 100 valence electrons. The minimum Gasteiger partial charge on any atom is -0.497 e. The van der Waals surface area contributed by atoms with Crippen LogP contribution in [-0.4, -0.2) is 24.2 Å². The van der Waals surface area contributed by atoms with Gasteiger partial charge in [-0.05, 0) is 12.1 Å². The molecule has 0 atom stereocenters. The van der Waals surface area contributed by atoms with Crippen LogP contribution in [0.2, 0.25) is 0 Å². The first-order chi connectivity index (χ1) is 9.13. The van der Waals surface area contributed by atoms with Gasteiger partial charge in [-0.3, -0.25) is 0 Å². The molecule has 0 aliphatic rings. The van der Waals surface area contributed by atoms with Crippen molar-refractivity contribution >= 4 is 23.1 Å². The Morgan fingerprint density at radius 1 is 1.11 bits per heavy atom. The van der Waals surface area contributed by atoms with E-state index in [0.29, 0.717) is 17.2 Å². The maximum absolute atomic E-state index is 5.76. The largest absolute Gasteiger partial charge is 0.497 e. The van der Waals surface area contributed by atoms with Crippen molar-refractivity contribution in [1.29, 1.82) is 0 Å². The van der Waals surface area contributed by atoms with E-state index in [0.717, 1.165) is 5.69 Å². The summed E-state index contributed by atoms with van der Waals surface area (Å²) in [6.45, 7) is 0. The molecule has 0 bridgehead atoms. The van der Waals surface area contributed by atoms with E-state index in [1.165, 1.54) is 6.20 Å². The summed E-state index contributed by atoms with van der Waals surface area (Å²) in [5.74, 6) is 1.72. The van der Waals surface area contributed by atoms with Gasteiger partial charge in [0.2, 0.25) is 5.95 Å². The average Bonchev–Trinajstić information content (AvgIpc) is 2.42. The number of nitrogens with one attached hydrogen (secondary N) is 1. The van der Waals surface area contributed by atoms with E-state index in [1.807, 2.05) is 6.07 Å². The minimum absolute atomic E-state index is 0.129. The third-order valence-electron chi connectivity index (χ3n) is 2.51. The molecule has 2 aromatic rings. The summed E-state index contributed by atoms with van der Waals surface area (Å²) in [6.07, 6.45) is 1.52. The van der Waals surface area contributed by atoms with Crippen molar-refractivity contribution in [3.05, 3.63) is 24.4 Å². The van der Waals surface area contributed by atoms with E-state index in [-0.39, 0.29) is 11.8 Å². The average molecular weight is 261 g/mol. The van der Waals surface area contributed by atoms with Crippen LogP contribution in [0.4, 0.5) is 23.1 Å². The van der Waals surface area contributed by atoms with Crippen LogP contribution in [-0.2, 0) is 0 Å². The molecule has 0 fully saturated rings. The number of rotatable bonds is 4. The Morgan fingerprint density at radius 2 is 1.89 bits per heavy atom. The van der Waals surface area contributed by atoms with Crippen molar-refractivity contribution in [2.24, 2.45) is 0 Å². The summed E-state index contributed by atoms with van der Waals surface area (Å²) in [5, 5.41) is 3.08. The second kappa shape index (κ2) is 5.30. The summed E-state index contributed by atoms with van der Waals surface area (Å²) in [6, 6.07) is 5.38. The smallest absolute Gasteiger partial charge is 0.222 e. The fourth-order valence-corrected chi connectivity index (χ4v) is 1.55. The minimum atomic E-state index is 0.129. The number of benzene rings is 1. The second-order valence-corrected chi connectivity index (χ2v) is 3.72. The molecule has 1 aromatic carbocycles. The van der Waals surface area contributed by atoms with Crippen molar-refractivity contribution in [3.8, 4) is 11.5 Å². The lowest BCUT2D eigenvalue weighted by molar-refractivity contribution is 0.395. The number of hydrogen-bond acceptors (Lipinski definition) is 7. The Kier molecular flexibility index (Phi) is 3.56. The highest BCUT2D eigenvalue weighted by Gasteiger charge is 2.08. The highest BCUT2D eigenvalue weighted by Crippen LogP contribution is 2.32. The topological polar surface area (TPSA) is 108 Å². The lowest BCUT2D eigenvalue weighted by Crippen LogP contribution is -2.04. The predicted octanol–water partition coefficient (Wildman–Crippen LogP) is 1.40. The second-order valence-electron chi connectivity index (χ2n) is 3.72. The van der Waals surface area contributed by atoms with Crippen molar-refractivity contribution in [1.82, 2.24) is 9.97 Å². The van der Waals surface area contributed by atoms with E-state index in [1.54, 1.807) is 26.4 Å². The lowest BCUT2D eigenvalue weighted by Gasteiger charge is -2.13. The van der Waals surface area contributed by atoms with Gasteiger partial charge in [-0.2, -0.15) is 4.98 Å². The van der Waals surface area contributed by atoms with Crippen molar-refractivity contribution in [3.63, 3.8) is 0 Å². The molecule has 0 saturated heterocycles. The molecular formula is C12H15N5O2. The number of hydrogen-bond donors (Lipinski definition) is 3. The van der Waals surface area contributed by atoms with Crippen molar-refractivity contribution in [2.75, 3.05) is 31.0 Å². The van der Waals surface area contributed by atoms with Crippen molar-refractivity contribution < 1.29 is 9.47 Å². The van der Waals surface area contributed by atoms with Crippen LogP contribution in [0.1, 0.15) is 0 Å². The number of ether oxygens (including phenoxy) is 2. The Morgan fingerprint density at radius 3 is 2.53 bits per heavy atom. The van der Waals surface area contributed by atoms with Crippen LogP contribution < -0.4 is 26.3 Å². The number of nitrogens with zero attached hydrogens (tertiary/aromatic N) is 2. The maximum atomic E-state index is 5.76. The fourth-order valence-electron chi connectivity index (χ4n) is 1.55. The first-order valence-corrected chi connectivity index (χ1v) is 5.51. The van der Waals surface area contributed by atoms with Crippen LogP contribution in [0, 0.1) is 0 Å². The van der Waals surface area contributed by atoms with Gasteiger partial charge >= 0.3 is 0 Å². The van der Waals surface area contributed by atoms with E-state index < -0.39 is 0 Å². The number of anilines is 4. The van der Waals surface area contributed by atoms with Gasteiger partial charge in [0.15, 0.2) is 5.82 Å². The van der Waals surface area contributed by atoms with Gasteiger partial charge in [0.05, 0.1) is 26.1 Å². The normalized spacial score (nSPS) is 10.0. The molecule has 0 aliphatic heterocycles. The zero-order valence-electron chi connectivity index (χ0n) is 10.7.